The Morgan fingerprint density at radius 1 is 1.30 bits per heavy atom. The molecule has 4 rings (SSSR count). The molecule has 0 saturated carbocycles. The molecule has 0 radical (unpaired) electrons. The number of fused-ring (bicyclic) bond motifs is 1. The lowest BCUT2D eigenvalue weighted by molar-refractivity contribution is -0.137. The highest BCUT2D eigenvalue weighted by Gasteiger charge is 2.35. The molecule has 1 atom stereocenters. The molecule has 27 heavy (non-hydrogen) atoms. The lowest BCUT2D eigenvalue weighted by Gasteiger charge is -2.12. The molecule has 1 unspecified atom stereocenters. The third-order valence-electron chi connectivity index (χ3n) is 4.52. The van der Waals surface area contributed by atoms with E-state index in [1.54, 1.807) is 6.20 Å². The van der Waals surface area contributed by atoms with Gasteiger partial charge in [-0.05, 0) is 19.4 Å². The molecule has 1 aliphatic heterocycles. The quantitative estimate of drug-likeness (QED) is 0.726. The Labute approximate surface area is 152 Å². The van der Waals surface area contributed by atoms with Crippen molar-refractivity contribution in [2.24, 2.45) is 0 Å². The van der Waals surface area contributed by atoms with Crippen LogP contribution in [0.15, 0.2) is 24.7 Å². The van der Waals surface area contributed by atoms with Crippen LogP contribution >= 0.6 is 0 Å². The van der Waals surface area contributed by atoms with Gasteiger partial charge in [-0.3, -0.25) is 9.36 Å². The molecule has 142 valence electrons. The lowest BCUT2D eigenvalue weighted by atomic mass is 10.2. The Bertz CT molecular complexity index is 974. The largest absolute Gasteiger partial charge is 0.421 e. The van der Waals surface area contributed by atoms with Crippen LogP contribution in [0.3, 0.4) is 0 Å². The first-order chi connectivity index (χ1) is 12.9. The van der Waals surface area contributed by atoms with E-state index in [9.17, 15) is 13.2 Å². The number of hydrogen-bond donors (Lipinski definition) is 2. The summed E-state index contributed by atoms with van der Waals surface area (Å²) in [6, 6.07) is 2.03. The summed E-state index contributed by atoms with van der Waals surface area (Å²) in [7, 11) is 1.38. The van der Waals surface area contributed by atoms with Gasteiger partial charge < -0.3 is 10.6 Å². The standard InChI is InChI=1S/C16H17F3N8/c1-9-11(8-27(25-9)13-4-6-26-12(13)3-5-22-26)23-15-21-7-10(16(17,18)19)14(20-2)24-15/h3,5,7-8,13H,4,6H2,1-2H3,(H2,20,21,23,24). The number of hydrogen-bond acceptors (Lipinski definition) is 6. The third kappa shape index (κ3) is 3.09. The van der Waals surface area contributed by atoms with Crippen LogP contribution in [0, 0.1) is 6.92 Å². The number of halogens is 3. The Hall–Kier alpha value is -3.11. The number of anilines is 3. The van der Waals surface area contributed by atoms with Gasteiger partial charge in [0.15, 0.2) is 0 Å². The van der Waals surface area contributed by atoms with Gasteiger partial charge in [0.25, 0.3) is 0 Å². The number of rotatable bonds is 4. The second-order valence-corrected chi connectivity index (χ2v) is 6.22. The summed E-state index contributed by atoms with van der Waals surface area (Å²) in [5.74, 6) is -0.226. The predicted molar refractivity (Wildman–Crippen MR) is 91.8 cm³/mol. The van der Waals surface area contributed by atoms with Gasteiger partial charge in [-0.25, -0.2) is 4.98 Å². The van der Waals surface area contributed by atoms with E-state index in [2.05, 4.69) is 30.8 Å². The van der Waals surface area contributed by atoms with E-state index in [0.29, 0.717) is 11.4 Å². The molecule has 0 aliphatic carbocycles. The van der Waals surface area contributed by atoms with Crippen LogP contribution in [0.1, 0.15) is 29.4 Å². The van der Waals surface area contributed by atoms with Crippen molar-refractivity contribution in [2.75, 3.05) is 17.7 Å². The van der Waals surface area contributed by atoms with Gasteiger partial charge in [0, 0.05) is 32.2 Å². The van der Waals surface area contributed by atoms with E-state index in [1.165, 1.54) is 7.05 Å². The fourth-order valence-corrected chi connectivity index (χ4v) is 3.20. The summed E-state index contributed by atoms with van der Waals surface area (Å²) in [4.78, 5) is 7.72. The number of aromatic nitrogens is 6. The minimum atomic E-state index is -4.52. The molecular weight excluding hydrogens is 361 g/mol. The molecule has 2 N–H and O–H groups in total. The fourth-order valence-electron chi connectivity index (χ4n) is 3.20. The maximum absolute atomic E-state index is 13.0. The van der Waals surface area contributed by atoms with Crippen molar-refractivity contribution in [3.8, 4) is 0 Å². The number of alkyl halides is 3. The SMILES string of the molecule is CNc1nc(Nc2cn(C3CCn4nccc43)nc2C)ncc1C(F)(F)F. The fraction of sp³-hybridized carbons (Fsp3) is 0.375. The predicted octanol–water partition coefficient (Wildman–Crippen LogP) is 2.98. The van der Waals surface area contributed by atoms with Crippen LogP contribution in [-0.2, 0) is 12.7 Å². The molecule has 3 aromatic rings. The summed E-state index contributed by atoms with van der Waals surface area (Å²) in [5, 5.41) is 14.2. The van der Waals surface area contributed by atoms with Gasteiger partial charge in [-0.2, -0.15) is 28.4 Å². The maximum Gasteiger partial charge on any atom is 0.421 e. The summed E-state index contributed by atoms with van der Waals surface area (Å²) in [6.07, 6.45) is 0.680. The highest BCUT2D eigenvalue weighted by Crippen LogP contribution is 2.34. The highest BCUT2D eigenvalue weighted by molar-refractivity contribution is 5.58. The van der Waals surface area contributed by atoms with Crippen molar-refractivity contribution in [2.45, 2.75) is 32.1 Å². The van der Waals surface area contributed by atoms with Gasteiger partial charge >= 0.3 is 6.18 Å². The first-order valence-corrected chi connectivity index (χ1v) is 8.33. The van der Waals surface area contributed by atoms with Crippen molar-refractivity contribution in [3.05, 3.63) is 41.6 Å². The van der Waals surface area contributed by atoms with Crippen LogP contribution in [0.25, 0.3) is 0 Å². The van der Waals surface area contributed by atoms with Crippen LogP contribution in [0.2, 0.25) is 0 Å². The lowest BCUT2D eigenvalue weighted by Crippen LogP contribution is -2.12. The van der Waals surface area contributed by atoms with Gasteiger partial charge in [-0.1, -0.05) is 0 Å². The Balaban J connectivity index is 1.60. The molecule has 3 aromatic heterocycles. The summed E-state index contributed by atoms with van der Waals surface area (Å²) in [6.45, 7) is 2.64. The van der Waals surface area contributed by atoms with E-state index < -0.39 is 11.7 Å². The maximum atomic E-state index is 13.0. The second-order valence-electron chi connectivity index (χ2n) is 6.22. The average Bonchev–Trinajstić information content (AvgIpc) is 3.30. The zero-order valence-corrected chi connectivity index (χ0v) is 14.6. The van der Waals surface area contributed by atoms with Crippen molar-refractivity contribution < 1.29 is 13.2 Å². The van der Waals surface area contributed by atoms with Gasteiger partial charge in [0.2, 0.25) is 5.95 Å². The first kappa shape index (κ1) is 17.3. The van der Waals surface area contributed by atoms with E-state index in [-0.39, 0.29) is 17.8 Å². The van der Waals surface area contributed by atoms with E-state index >= 15 is 0 Å². The number of aryl methyl sites for hydroxylation is 2. The van der Waals surface area contributed by atoms with Crippen LogP contribution < -0.4 is 10.6 Å². The van der Waals surface area contributed by atoms with Crippen LogP contribution in [-0.4, -0.2) is 36.6 Å². The zero-order chi connectivity index (χ0) is 19.2. The Morgan fingerprint density at radius 2 is 2.11 bits per heavy atom. The number of nitrogens with one attached hydrogen (secondary N) is 2. The smallest absolute Gasteiger partial charge is 0.372 e. The summed E-state index contributed by atoms with van der Waals surface area (Å²) in [5.41, 5.74) is 1.49. The molecule has 1 aliphatic rings. The minimum Gasteiger partial charge on any atom is -0.372 e. The van der Waals surface area contributed by atoms with Gasteiger partial charge in [0.05, 0.1) is 23.1 Å². The second kappa shape index (κ2) is 6.25. The molecule has 0 fully saturated rings. The van der Waals surface area contributed by atoms with Crippen molar-refractivity contribution in [1.29, 1.82) is 0 Å². The van der Waals surface area contributed by atoms with Crippen LogP contribution in [0.5, 0.6) is 0 Å². The summed E-state index contributed by atoms with van der Waals surface area (Å²) < 4.78 is 42.7. The Morgan fingerprint density at radius 3 is 2.85 bits per heavy atom. The average molecular weight is 378 g/mol. The highest BCUT2D eigenvalue weighted by atomic mass is 19.4. The third-order valence-corrected chi connectivity index (χ3v) is 4.52. The molecule has 0 amide bonds. The molecule has 8 nitrogen and oxygen atoms in total. The van der Waals surface area contributed by atoms with Gasteiger partial charge in [0.1, 0.15) is 11.4 Å². The molecule has 11 heteroatoms. The molecule has 0 aromatic carbocycles. The molecule has 0 spiro atoms. The molecular formula is C16H17F3N8. The van der Waals surface area contributed by atoms with Crippen molar-refractivity contribution >= 4 is 17.5 Å². The monoisotopic (exact) mass is 378 g/mol. The van der Waals surface area contributed by atoms with Crippen molar-refractivity contribution in [1.82, 2.24) is 29.5 Å². The summed E-state index contributed by atoms with van der Waals surface area (Å²) >= 11 is 0. The molecule has 4 heterocycles. The molecule has 0 bridgehead atoms. The van der Waals surface area contributed by atoms with E-state index in [0.717, 1.165) is 24.9 Å². The first-order valence-electron chi connectivity index (χ1n) is 8.33. The zero-order valence-electron chi connectivity index (χ0n) is 14.6. The van der Waals surface area contributed by atoms with E-state index in [4.69, 9.17) is 0 Å². The minimum absolute atomic E-state index is 0.0615. The van der Waals surface area contributed by atoms with Crippen LogP contribution in [0.4, 0.5) is 30.6 Å². The van der Waals surface area contributed by atoms with Gasteiger partial charge in [-0.15, -0.1) is 0 Å². The molecule has 0 saturated heterocycles. The normalized spacial score (nSPS) is 16.4. The topological polar surface area (TPSA) is 85.5 Å². The van der Waals surface area contributed by atoms with Crippen molar-refractivity contribution in [3.63, 3.8) is 0 Å². The number of nitrogens with zero attached hydrogens (tertiary/aromatic N) is 6. The Kier molecular flexibility index (Phi) is 4.01. The van der Waals surface area contributed by atoms with E-state index in [1.807, 2.05) is 28.6 Å².